The van der Waals surface area contributed by atoms with Crippen molar-refractivity contribution in [2.75, 3.05) is 32.1 Å². The largest absolute Gasteiger partial charge is 0.507 e. The lowest BCUT2D eigenvalue weighted by Gasteiger charge is -2.39. The Kier molecular flexibility index (Phi) is 13.0. The van der Waals surface area contributed by atoms with E-state index in [0.717, 1.165) is 26.1 Å². The maximum absolute atomic E-state index is 14.7. The number of nitrogens with zero attached hydrogens (tertiary/aromatic N) is 3. The molecule has 5 heterocycles. The van der Waals surface area contributed by atoms with Crippen LogP contribution in [0, 0.1) is 30.6 Å². The van der Waals surface area contributed by atoms with Gasteiger partial charge in [0.1, 0.15) is 27.9 Å². The summed E-state index contributed by atoms with van der Waals surface area (Å²) in [5.41, 5.74) is 0.119. The van der Waals surface area contributed by atoms with Crippen LogP contribution in [0.2, 0.25) is 0 Å². The van der Waals surface area contributed by atoms with Gasteiger partial charge in [0.05, 0.1) is 41.2 Å². The van der Waals surface area contributed by atoms with E-state index in [2.05, 4.69) is 22.1 Å². The van der Waals surface area contributed by atoms with Crippen molar-refractivity contribution in [3.63, 3.8) is 0 Å². The molecule has 5 N–H and O–H groups in total. The Morgan fingerprint density at radius 1 is 1.02 bits per heavy atom. The lowest BCUT2D eigenvalue weighted by molar-refractivity contribution is -0.236. The van der Waals surface area contributed by atoms with Crippen LogP contribution in [-0.4, -0.2) is 99.3 Å². The van der Waals surface area contributed by atoms with Gasteiger partial charge in [-0.15, -0.1) is 0 Å². The van der Waals surface area contributed by atoms with Gasteiger partial charge in [0.15, 0.2) is 11.5 Å². The summed E-state index contributed by atoms with van der Waals surface area (Å²) >= 11 is 0. The molecule has 1 spiro atoms. The number of aliphatic hydroxyl groups is 2. The highest BCUT2D eigenvalue weighted by Gasteiger charge is 2.50. The summed E-state index contributed by atoms with van der Waals surface area (Å²) in [7, 11) is 1.52. The molecule has 1 saturated heterocycles. The maximum Gasteiger partial charge on any atom is 0.312 e. The molecule has 14 nitrogen and oxygen atoms in total. The number of hydrogen-bond donors (Lipinski definition) is 5. The fraction of sp³-hybridized carbons (Fsp3) is 0.609. The molecule has 7 rings (SSSR count). The van der Waals surface area contributed by atoms with E-state index in [1.807, 2.05) is 33.8 Å². The number of aliphatic hydroxyl groups excluding tert-OH is 1. The molecule has 5 aliphatic heterocycles. The molecular weight excluding hydrogens is 769 g/mol. The van der Waals surface area contributed by atoms with Crippen LogP contribution in [0.15, 0.2) is 46.1 Å². The van der Waals surface area contributed by atoms with E-state index in [9.17, 15) is 30.0 Å². The van der Waals surface area contributed by atoms with Crippen molar-refractivity contribution < 1.29 is 49.0 Å². The second kappa shape index (κ2) is 17.2. The SMILES string of the molecule is CCCN1CCC2(CC1)N=c1c(c3c4c5c(C)c(O)c3c(O)c1=NC(=O)/C(C)=C\C=C\C(C)C[C@@H](C)C(OC(C)(C)O)[C@@H](C)C(O)[C@H](C)[C@@H](OC)/C=C/OC(C)(O5)C4=O)N2. The van der Waals surface area contributed by atoms with Gasteiger partial charge in [0.25, 0.3) is 11.7 Å². The molecule has 328 valence electrons. The highest BCUT2D eigenvalue weighted by atomic mass is 16.7. The van der Waals surface area contributed by atoms with Crippen molar-refractivity contribution in [3.8, 4) is 17.2 Å². The molecule has 14 heteroatoms. The summed E-state index contributed by atoms with van der Waals surface area (Å²) in [6, 6.07) is 0. The molecule has 0 saturated carbocycles. The number of carbonyl (C=O) groups excluding carboxylic acids is 2. The molecule has 5 aliphatic rings. The molecule has 2 aromatic rings. The predicted octanol–water partition coefficient (Wildman–Crippen LogP) is 5.71. The zero-order valence-corrected chi connectivity index (χ0v) is 37.0. The summed E-state index contributed by atoms with van der Waals surface area (Å²) in [5.74, 6) is -6.34. The quantitative estimate of drug-likeness (QED) is 0.182. The number of methoxy groups -OCH3 is 1. The normalized spacial score (nSPS) is 32.1. The average molecular weight is 833 g/mol. The lowest BCUT2D eigenvalue weighted by atomic mass is 9.79. The summed E-state index contributed by atoms with van der Waals surface area (Å²) in [6.07, 6.45) is 9.04. The number of phenols is 2. The molecule has 5 bridgehead atoms. The van der Waals surface area contributed by atoms with Gasteiger partial charge < -0.3 is 49.6 Å². The second-order valence-electron chi connectivity index (χ2n) is 18.1. The van der Waals surface area contributed by atoms with Crippen LogP contribution < -0.4 is 20.8 Å². The molecule has 60 heavy (non-hydrogen) atoms. The predicted molar refractivity (Wildman–Crippen MR) is 227 cm³/mol. The van der Waals surface area contributed by atoms with Gasteiger partial charge in [-0.05, 0) is 65.0 Å². The number of carbonyl (C=O) groups is 2. The number of phenolic OH excluding ortho intramolecular Hbond substituents is 2. The number of piperidine rings is 1. The molecule has 8 atom stereocenters. The first-order valence-electron chi connectivity index (χ1n) is 21.3. The highest BCUT2D eigenvalue weighted by molar-refractivity contribution is 6.21. The third-order valence-electron chi connectivity index (χ3n) is 12.7. The number of aromatic hydroxyl groups is 2. The first kappa shape index (κ1) is 45.2. The molecule has 0 radical (unpaired) electrons. The van der Waals surface area contributed by atoms with Gasteiger partial charge >= 0.3 is 5.79 Å². The summed E-state index contributed by atoms with van der Waals surface area (Å²) in [5, 5.41) is 50.3. The maximum atomic E-state index is 14.7. The Morgan fingerprint density at radius 3 is 2.33 bits per heavy atom. The average Bonchev–Trinajstić information content (AvgIpc) is 3.69. The van der Waals surface area contributed by atoms with E-state index < -0.39 is 64.8 Å². The molecule has 4 unspecified atom stereocenters. The summed E-state index contributed by atoms with van der Waals surface area (Å²) in [4.78, 5) is 40.5. The first-order chi connectivity index (χ1) is 28.2. The Bertz CT molecular complexity index is 2220. The first-order valence-corrected chi connectivity index (χ1v) is 21.3. The van der Waals surface area contributed by atoms with Crippen LogP contribution >= 0.6 is 0 Å². The molecular formula is C46H64N4O10. The fourth-order valence-corrected chi connectivity index (χ4v) is 9.29. The van der Waals surface area contributed by atoms with Gasteiger partial charge in [-0.2, -0.15) is 0 Å². The van der Waals surface area contributed by atoms with Crippen molar-refractivity contribution in [1.29, 1.82) is 0 Å². The number of rotatable bonds is 5. The van der Waals surface area contributed by atoms with Crippen LogP contribution in [0.4, 0.5) is 5.69 Å². The van der Waals surface area contributed by atoms with Crippen LogP contribution in [-0.2, 0) is 19.0 Å². The molecule has 1 fully saturated rings. The number of fused-ring (bicyclic) bond motifs is 13. The fourth-order valence-electron chi connectivity index (χ4n) is 9.29. The Labute approximate surface area is 352 Å². The highest BCUT2D eigenvalue weighted by Crippen LogP contribution is 2.51. The number of anilines is 1. The Morgan fingerprint density at radius 2 is 1.70 bits per heavy atom. The van der Waals surface area contributed by atoms with Gasteiger partial charge in [-0.1, -0.05) is 52.8 Å². The van der Waals surface area contributed by atoms with Crippen molar-refractivity contribution >= 4 is 28.2 Å². The van der Waals surface area contributed by atoms with Gasteiger partial charge in [0.2, 0.25) is 0 Å². The lowest BCUT2D eigenvalue weighted by Crippen LogP contribution is -2.46. The van der Waals surface area contributed by atoms with E-state index in [-0.39, 0.29) is 55.9 Å². The van der Waals surface area contributed by atoms with E-state index in [1.165, 1.54) is 20.3 Å². The number of Topliss-reactive ketones (excluding diaryl/α,β-unsaturated/α-hetero) is 1. The minimum Gasteiger partial charge on any atom is -0.507 e. The molecule has 1 amide bonds. The van der Waals surface area contributed by atoms with Gasteiger partial charge in [-0.25, -0.2) is 4.99 Å². The Hall–Kier alpha value is -4.34. The summed E-state index contributed by atoms with van der Waals surface area (Å²) in [6.45, 7) is 20.2. The van der Waals surface area contributed by atoms with Crippen LogP contribution in [0.25, 0.3) is 10.8 Å². The number of nitrogens with one attached hydrogen (secondary N) is 1. The number of amides is 1. The zero-order valence-electron chi connectivity index (χ0n) is 37.0. The van der Waals surface area contributed by atoms with Crippen LogP contribution in [0.5, 0.6) is 17.2 Å². The standard InChI is InChI=1S/C46H64N4O10/c1-12-19-50-20-17-46(18-21-50)48-34-31-32-38(52)29(7)41-33(31)42(54)45(10,60-41)58-22-16-30(57-11)27(5)37(51)28(6)40(59-44(8,9)56)26(4)23-24(2)14-13-15-25(3)43(55)47-36(39(32)53)35(34)49-46/h13-16,22,24,26-28,30,37,40,48,51-53,56H,12,17-21,23H2,1-11H3/b14-13+,22-16+,25-15-,47-36?/t24?,26-,27-,28+,30+,37?,40?,45?/m1/s1. The number of benzene rings is 2. The Balaban J connectivity index is 1.54. The van der Waals surface area contributed by atoms with Crippen LogP contribution in [0.3, 0.4) is 0 Å². The minimum atomic E-state index is -1.90. The van der Waals surface area contributed by atoms with Crippen LogP contribution in [0.1, 0.15) is 104 Å². The number of hydrogen-bond acceptors (Lipinski definition) is 13. The van der Waals surface area contributed by atoms with Gasteiger partial charge in [0, 0.05) is 68.3 Å². The van der Waals surface area contributed by atoms with E-state index in [4.69, 9.17) is 23.9 Å². The monoisotopic (exact) mass is 832 g/mol. The van der Waals surface area contributed by atoms with Crippen molar-refractivity contribution in [2.24, 2.45) is 33.7 Å². The third kappa shape index (κ3) is 8.58. The van der Waals surface area contributed by atoms with Gasteiger partial charge in [-0.3, -0.25) is 14.6 Å². The van der Waals surface area contributed by atoms with Crippen molar-refractivity contribution in [1.82, 2.24) is 4.90 Å². The summed E-state index contributed by atoms with van der Waals surface area (Å²) < 4.78 is 24.4. The smallest absolute Gasteiger partial charge is 0.312 e. The number of likely N-dealkylation sites (tertiary alicyclic amines) is 1. The third-order valence-corrected chi connectivity index (χ3v) is 12.7. The molecule has 0 aliphatic carbocycles. The van der Waals surface area contributed by atoms with Crippen molar-refractivity contribution in [2.45, 2.75) is 130 Å². The molecule has 0 aromatic heterocycles. The number of ketones is 1. The topological polar surface area (TPSA) is 192 Å². The van der Waals surface area contributed by atoms with Crippen molar-refractivity contribution in [3.05, 3.63) is 58.0 Å². The zero-order chi connectivity index (χ0) is 44.1. The minimum absolute atomic E-state index is 0.0136. The van der Waals surface area contributed by atoms with E-state index in [0.29, 0.717) is 30.5 Å². The van der Waals surface area contributed by atoms with E-state index in [1.54, 1.807) is 45.9 Å². The second-order valence-corrected chi connectivity index (χ2v) is 18.1. The van der Waals surface area contributed by atoms with E-state index >= 15 is 0 Å². The molecule has 2 aromatic carbocycles. The number of ether oxygens (including phenoxy) is 4. The number of allylic oxidation sites excluding steroid dienone is 3.